The summed E-state index contributed by atoms with van der Waals surface area (Å²) in [5.74, 6) is 0.663. The highest BCUT2D eigenvalue weighted by Crippen LogP contribution is 2.13. The van der Waals surface area contributed by atoms with Gasteiger partial charge in [-0.05, 0) is 37.6 Å². The van der Waals surface area contributed by atoms with E-state index in [1.165, 1.54) is 0 Å². The number of hydrogen-bond donors (Lipinski definition) is 1. The van der Waals surface area contributed by atoms with Crippen LogP contribution in [0.2, 0.25) is 0 Å². The average molecular weight is 263 g/mol. The van der Waals surface area contributed by atoms with Crippen LogP contribution in [0.4, 0.5) is 0 Å². The molecular weight excluding hydrogens is 242 g/mol. The first-order valence-electron chi connectivity index (χ1n) is 6.70. The summed E-state index contributed by atoms with van der Waals surface area (Å²) in [6.07, 6.45) is 1.38. The van der Waals surface area contributed by atoms with Crippen LogP contribution in [-0.2, 0) is 4.79 Å². The molecule has 0 spiro atoms. The minimum atomic E-state index is -0.0684. The number of nitrogens with one attached hydrogen (secondary N) is 1. The zero-order chi connectivity index (χ0) is 14.1. The minimum Gasteiger partial charge on any atom is -0.494 e. The van der Waals surface area contributed by atoms with Crippen molar-refractivity contribution in [2.24, 2.45) is 0 Å². The molecule has 0 aliphatic carbocycles. The Labute approximate surface area is 114 Å². The predicted octanol–water partition coefficient (Wildman–Crippen LogP) is 2.57. The number of amides is 1. The van der Waals surface area contributed by atoms with Crippen LogP contribution in [-0.4, -0.2) is 24.8 Å². The van der Waals surface area contributed by atoms with Gasteiger partial charge in [0.25, 0.3) is 0 Å². The van der Waals surface area contributed by atoms with E-state index in [2.05, 4.69) is 5.32 Å². The van der Waals surface area contributed by atoms with Gasteiger partial charge >= 0.3 is 0 Å². The smallest absolute Gasteiger partial charge is 0.220 e. The van der Waals surface area contributed by atoms with Crippen molar-refractivity contribution >= 4 is 11.7 Å². The zero-order valence-electron chi connectivity index (χ0n) is 11.6. The Kier molecular flexibility index (Phi) is 6.64. The van der Waals surface area contributed by atoms with Gasteiger partial charge in [0, 0.05) is 24.9 Å². The predicted molar refractivity (Wildman–Crippen MR) is 74.5 cm³/mol. The SMILES string of the molecule is CCCNC(=O)CCC(=O)c1ccc(OCC)cc1. The van der Waals surface area contributed by atoms with Crippen molar-refractivity contribution in [2.75, 3.05) is 13.2 Å². The van der Waals surface area contributed by atoms with Gasteiger partial charge in [-0.1, -0.05) is 6.92 Å². The van der Waals surface area contributed by atoms with E-state index >= 15 is 0 Å². The molecule has 0 fully saturated rings. The van der Waals surface area contributed by atoms with E-state index in [9.17, 15) is 9.59 Å². The first kappa shape index (κ1) is 15.2. The molecule has 0 aliphatic heterocycles. The molecule has 0 saturated carbocycles. The molecule has 104 valence electrons. The number of rotatable bonds is 8. The van der Waals surface area contributed by atoms with Gasteiger partial charge in [-0.3, -0.25) is 9.59 Å². The van der Waals surface area contributed by atoms with Crippen LogP contribution < -0.4 is 10.1 Å². The highest BCUT2D eigenvalue weighted by molar-refractivity contribution is 5.98. The Bertz CT molecular complexity index is 412. The number of hydrogen-bond acceptors (Lipinski definition) is 3. The van der Waals surface area contributed by atoms with Crippen molar-refractivity contribution < 1.29 is 14.3 Å². The lowest BCUT2D eigenvalue weighted by molar-refractivity contribution is -0.121. The van der Waals surface area contributed by atoms with Crippen molar-refractivity contribution in [1.29, 1.82) is 0 Å². The van der Waals surface area contributed by atoms with Gasteiger partial charge in [-0.25, -0.2) is 0 Å². The molecule has 1 aromatic rings. The number of carbonyl (C=O) groups excluding carboxylic acids is 2. The van der Waals surface area contributed by atoms with Gasteiger partial charge in [0.2, 0.25) is 5.91 Å². The molecule has 0 heterocycles. The van der Waals surface area contributed by atoms with Crippen molar-refractivity contribution in [2.45, 2.75) is 33.1 Å². The third-order valence-corrected chi connectivity index (χ3v) is 2.64. The van der Waals surface area contributed by atoms with E-state index < -0.39 is 0 Å². The van der Waals surface area contributed by atoms with E-state index in [1.807, 2.05) is 13.8 Å². The highest BCUT2D eigenvalue weighted by atomic mass is 16.5. The molecule has 4 heteroatoms. The molecule has 4 nitrogen and oxygen atoms in total. The standard InChI is InChI=1S/C15H21NO3/c1-3-11-16-15(18)10-9-14(17)12-5-7-13(8-6-12)19-4-2/h5-8H,3-4,9-11H2,1-2H3,(H,16,18). The van der Waals surface area contributed by atoms with Crippen LogP contribution in [0.15, 0.2) is 24.3 Å². The molecule has 1 N–H and O–H groups in total. The van der Waals surface area contributed by atoms with E-state index in [-0.39, 0.29) is 24.5 Å². The molecule has 1 rings (SSSR count). The molecular formula is C15H21NO3. The molecule has 0 radical (unpaired) electrons. The Morgan fingerprint density at radius 3 is 2.37 bits per heavy atom. The van der Waals surface area contributed by atoms with Crippen LogP contribution in [0.3, 0.4) is 0 Å². The lowest BCUT2D eigenvalue weighted by Gasteiger charge is -2.05. The summed E-state index contributed by atoms with van der Waals surface area (Å²) in [6.45, 7) is 5.17. The first-order chi connectivity index (χ1) is 9.17. The Morgan fingerprint density at radius 2 is 1.79 bits per heavy atom. The Morgan fingerprint density at radius 1 is 1.11 bits per heavy atom. The Balaban J connectivity index is 2.42. The van der Waals surface area contributed by atoms with Gasteiger partial charge in [0.1, 0.15) is 5.75 Å². The van der Waals surface area contributed by atoms with E-state index in [0.29, 0.717) is 18.7 Å². The molecule has 0 aliphatic rings. The summed E-state index contributed by atoms with van der Waals surface area (Å²) in [4.78, 5) is 23.3. The number of benzene rings is 1. The molecule has 1 aromatic carbocycles. The van der Waals surface area contributed by atoms with Crippen LogP contribution in [0, 0.1) is 0 Å². The van der Waals surface area contributed by atoms with Gasteiger partial charge in [-0.15, -0.1) is 0 Å². The lowest BCUT2D eigenvalue weighted by Crippen LogP contribution is -2.24. The van der Waals surface area contributed by atoms with Crippen LogP contribution in [0.25, 0.3) is 0 Å². The maximum Gasteiger partial charge on any atom is 0.220 e. The molecule has 0 aromatic heterocycles. The fourth-order valence-electron chi connectivity index (χ4n) is 1.63. The molecule has 1 amide bonds. The summed E-state index contributed by atoms with van der Waals surface area (Å²) < 4.78 is 5.31. The minimum absolute atomic E-state index is 0.0188. The van der Waals surface area contributed by atoms with E-state index in [4.69, 9.17) is 4.74 Å². The molecule has 19 heavy (non-hydrogen) atoms. The third kappa shape index (κ3) is 5.55. The van der Waals surface area contributed by atoms with Gasteiger partial charge in [0.05, 0.1) is 6.61 Å². The van der Waals surface area contributed by atoms with Crippen molar-refractivity contribution in [3.8, 4) is 5.75 Å². The second-order valence-electron chi connectivity index (χ2n) is 4.23. The summed E-state index contributed by atoms with van der Waals surface area (Å²) >= 11 is 0. The maximum absolute atomic E-state index is 11.9. The summed E-state index contributed by atoms with van der Waals surface area (Å²) in [5.41, 5.74) is 0.617. The summed E-state index contributed by atoms with van der Waals surface area (Å²) in [6, 6.07) is 7.01. The fraction of sp³-hybridized carbons (Fsp3) is 0.467. The second kappa shape index (κ2) is 8.29. The van der Waals surface area contributed by atoms with E-state index in [0.717, 1.165) is 12.2 Å². The number of Topliss-reactive ketones (excluding diaryl/α,β-unsaturated/α-hetero) is 1. The topological polar surface area (TPSA) is 55.4 Å². The fourth-order valence-corrected chi connectivity index (χ4v) is 1.63. The molecule has 0 bridgehead atoms. The quantitative estimate of drug-likeness (QED) is 0.733. The molecule has 0 unspecified atom stereocenters. The first-order valence-corrected chi connectivity index (χ1v) is 6.70. The van der Waals surface area contributed by atoms with Crippen LogP contribution >= 0.6 is 0 Å². The Hall–Kier alpha value is -1.84. The number of ketones is 1. The summed E-state index contributed by atoms with van der Waals surface area (Å²) in [7, 11) is 0. The van der Waals surface area contributed by atoms with Crippen LogP contribution in [0.1, 0.15) is 43.5 Å². The maximum atomic E-state index is 11.9. The van der Waals surface area contributed by atoms with Gasteiger partial charge in [0.15, 0.2) is 5.78 Å². The van der Waals surface area contributed by atoms with Crippen molar-refractivity contribution in [3.05, 3.63) is 29.8 Å². The monoisotopic (exact) mass is 263 g/mol. The van der Waals surface area contributed by atoms with Crippen LogP contribution in [0.5, 0.6) is 5.75 Å². The number of carbonyl (C=O) groups is 2. The normalized spacial score (nSPS) is 10.0. The van der Waals surface area contributed by atoms with Gasteiger partial charge < -0.3 is 10.1 Å². The second-order valence-corrected chi connectivity index (χ2v) is 4.23. The van der Waals surface area contributed by atoms with E-state index in [1.54, 1.807) is 24.3 Å². The summed E-state index contributed by atoms with van der Waals surface area (Å²) in [5, 5.41) is 2.75. The van der Waals surface area contributed by atoms with Crippen molar-refractivity contribution in [1.82, 2.24) is 5.32 Å². The lowest BCUT2D eigenvalue weighted by atomic mass is 10.1. The zero-order valence-corrected chi connectivity index (χ0v) is 11.6. The molecule has 0 saturated heterocycles. The highest BCUT2D eigenvalue weighted by Gasteiger charge is 2.09. The molecule has 0 atom stereocenters. The number of ether oxygens (including phenoxy) is 1. The average Bonchev–Trinajstić information content (AvgIpc) is 2.43. The van der Waals surface area contributed by atoms with Gasteiger partial charge in [-0.2, -0.15) is 0 Å². The third-order valence-electron chi connectivity index (χ3n) is 2.64. The largest absolute Gasteiger partial charge is 0.494 e. The van der Waals surface area contributed by atoms with Crippen molar-refractivity contribution in [3.63, 3.8) is 0 Å².